The molecule has 1 aromatic carbocycles. The number of nitrogens with zero attached hydrogens (tertiary/aromatic N) is 1. The Hall–Kier alpha value is -1.69. The second kappa shape index (κ2) is 4.05. The Morgan fingerprint density at radius 2 is 2.00 bits per heavy atom. The quantitative estimate of drug-likeness (QED) is 0.736. The molecule has 2 rings (SSSR count). The van der Waals surface area contributed by atoms with E-state index in [0.29, 0.717) is 10.0 Å². The first-order valence-electron chi connectivity index (χ1n) is 4.53. The number of carbonyl (C=O) groups is 2. The van der Waals surface area contributed by atoms with Crippen LogP contribution in [-0.2, 0) is 9.59 Å². The monoisotopic (exact) mass is 281 g/mol. The summed E-state index contributed by atoms with van der Waals surface area (Å²) in [6, 6.07) is 7.01. The van der Waals surface area contributed by atoms with Crippen molar-refractivity contribution in [2.24, 2.45) is 10.7 Å². The van der Waals surface area contributed by atoms with E-state index in [1.54, 1.807) is 24.3 Å². The summed E-state index contributed by atoms with van der Waals surface area (Å²) in [5.74, 6) is -2.08. The smallest absolute Gasteiger partial charge is 0.265 e. The van der Waals surface area contributed by atoms with Crippen molar-refractivity contribution >= 4 is 33.7 Å². The molecule has 82 valence electrons. The number of amides is 2. The van der Waals surface area contributed by atoms with E-state index in [1.807, 2.05) is 0 Å². The van der Waals surface area contributed by atoms with Crippen molar-refractivity contribution in [1.82, 2.24) is 5.32 Å². The van der Waals surface area contributed by atoms with E-state index in [4.69, 9.17) is 5.73 Å². The third-order valence-corrected chi connectivity index (χ3v) is 2.93. The summed E-state index contributed by atoms with van der Waals surface area (Å²) in [6.07, 6.45) is 0. The lowest BCUT2D eigenvalue weighted by Crippen LogP contribution is -2.46. The molecule has 0 saturated carbocycles. The number of hydrogen-bond acceptors (Lipinski definition) is 3. The van der Waals surface area contributed by atoms with Gasteiger partial charge in [0.2, 0.25) is 11.9 Å². The minimum Gasteiger partial charge on any atom is -0.369 e. The second-order valence-corrected chi connectivity index (χ2v) is 4.13. The molecule has 16 heavy (non-hydrogen) atoms. The maximum atomic E-state index is 11.7. The van der Waals surface area contributed by atoms with E-state index in [-0.39, 0.29) is 5.96 Å². The summed E-state index contributed by atoms with van der Waals surface area (Å²) in [6.45, 7) is 0. The van der Waals surface area contributed by atoms with Gasteiger partial charge in [0.05, 0.1) is 0 Å². The van der Waals surface area contributed by atoms with Gasteiger partial charge in [-0.3, -0.25) is 14.9 Å². The highest BCUT2D eigenvalue weighted by atomic mass is 79.9. The van der Waals surface area contributed by atoms with E-state index in [0.717, 1.165) is 0 Å². The van der Waals surface area contributed by atoms with Crippen LogP contribution in [0.3, 0.4) is 0 Å². The molecular formula is C10H8BrN3O2. The van der Waals surface area contributed by atoms with Crippen LogP contribution in [0.25, 0.3) is 0 Å². The van der Waals surface area contributed by atoms with Gasteiger partial charge in [-0.15, -0.1) is 0 Å². The first-order valence-corrected chi connectivity index (χ1v) is 5.32. The first-order chi connectivity index (χ1) is 7.59. The van der Waals surface area contributed by atoms with Gasteiger partial charge in [0.25, 0.3) is 5.91 Å². The second-order valence-electron chi connectivity index (χ2n) is 3.28. The number of benzene rings is 1. The van der Waals surface area contributed by atoms with E-state index < -0.39 is 17.7 Å². The topological polar surface area (TPSA) is 84.5 Å². The van der Waals surface area contributed by atoms with Crippen LogP contribution in [-0.4, -0.2) is 17.8 Å². The van der Waals surface area contributed by atoms with E-state index in [1.165, 1.54) is 0 Å². The molecule has 1 aliphatic rings. The predicted molar refractivity (Wildman–Crippen MR) is 61.7 cm³/mol. The van der Waals surface area contributed by atoms with Gasteiger partial charge in [-0.05, 0) is 11.6 Å². The summed E-state index contributed by atoms with van der Waals surface area (Å²) in [5, 5.41) is 2.33. The van der Waals surface area contributed by atoms with Gasteiger partial charge in [0.1, 0.15) is 5.92 Å². The van der Waals surface area contributed by atoms with Crippen LogP contribution in [0.15, 0.2) is 33.7 Å². The Bertz CT molecular complexity index is 499. The molecule has 0 fully saturated rings. The molecule has 1 atom stereocenters. The Labute approximate surface area is 99.9 Å². The molecule has 0 spiro atoms. The SMILES string of the molecule is NC1=NC(=O)C(c2ccccc2Br)C(=O)N1. The molecule has 1 aromatic rings. The molecule has 1 aliphatic heterocycles. The predicted octanol–water partition coefficient (Wildman–Crippen LogP) is 0.504. The molecule has 0 aromatic heterocycles. The van der Waals surface area contributed by atoms with Crippen LogP contribution in [0.5, 0.6) is 0 Å². The molecule has 0 radical (unpaired) electrons. The fourth-order valence-corrected chi connectivity index (χ4v) is 2.02. The third-order valence-electron chi connectivity index (χ3n) is 2.21. The Balaban J connectivity index is 2.46. The summed E-state index contributed by atoms with van der Waals surface area (Å²) in [5.41, 5.74) is 5.86. The van der Waals surface area contributed by atoms with Gasteiger partial charge >= 0.3 is 0 Å². The van der Waals surface area contributed by atoms with Crippen molar-refractivity contribution in [2.75, 3.05) is 0 Å². The van der Waals surface area contributed by atoms with Crippen molar-refractivity contribution in [1.29, 1.82) is 0 Å². The largest absolute Gasteiger partial charge is 0.369 e. The number of hydrogen-bond donors (Lipinski definition) is 2. The highest BCUT2D eigenvalue weighted by Gasteiger charge is 2.33. The Morgan fingerprint density at radius 3 is 2.62 bits per heavy atom. The molecular weight excluding hydrogens is 274 g/mol. The summed E-state index contributed by atoms with van der Waals surface area (Å²) >= 11 is 3.29. The highest BCUT2D eigenvalue weighted by molar-refractivity contribution is 9.10. The van der Waals surface area contributed by atoms with Gasteiger partial charge in [-0.2, -0.15) is 4.99 Å². The lowest BCUT2D eigenvalue weighted by Gasteiger charge is -2.19. The highest BCUT2D eigenvalue weighted by Crippen LogP contribution is 2.27. The molecule has 5 nitrogen and oxygen atoms in total. The van der Waals surface area contributed by atoms with Gasteiger partial charge in [0, 0.05) is 4.47 Å². The van der Waals surface area contributed by atoms with Crippen LogP contribution >= 0.6 is 15.9 Å². The average Bonchev–Trinajstić information content (AvgIpc) is 2.19. The summed E-state index contributed by atoms with van der Waals surface area (Å²) < 4.78 is 0.694. The fraction of sp³-hybridized carbons (Fsp3) is 0.100. The number of nitrogens with one attached hydrogen (secondary N) is 1. The van der Waals surface area contributed by atoms with E-state index >= 15 is 0 Å². The minimum absolute atomic E-state index is 0.154. The van der Waals surface area contributed by atoms with Crippen LogP contribution in [0.4, 0.5) is 0 Å². The van der Waals surface area contributed by atoms with E-state index in [2.05, 4.69) is 26.2 Å². The fourth-order valence-electron chi connectivity index (χ4n) is 1.51. The zero-order chi connectivity index (χ0) is 11.7. The third kappa shape index (κ3) is 1.83. The normalized spacial score (nSPS) is 20.3. The Kier molecular flexibility index (Phi) is 2.74. The molecule has 2 amide bonds. The molecule has 1 unspecified atom stereocenters. The van der Waals surface area contributed by atoms with Crippen LogP contribution in [0.1, 0.15) is 11.5 Å². The molecule has 3 N–H and O–H groups in total. The van der Waals surface area contributed by atoms with E-state index in [9.17, 15) is 9.59 Å². The van der Waals surface area contributed by atoms with Crippen molar-refractivity contribution in [2.45, 2.75) is 5.92 Å². The number of guanidine groups is 1. The van der Waals surface area contributed by atoms with Gasteiger partial charge in [0.15, 0.2) is 0 Å². The van der Waals surface area contributed by atoms with Crippen LogP contribution in [0, 0.1) is 0 Å². The molecule has 0 bridgehead atoms. The molecule has 6 heteroatoms. The van der Waals surface area contributed by atoms with Crippen LogP contribution in [0.2, 0.25) is 0 Å². The van der Waals surface area contributed by atoms with Crippen molar-refractivity contribution < 1.29 is 9.59 Å². The number of nitrogens with two attached hydrogens (primary N) is 1. The van der Waals surface area contributed by atoms with Crippen molar-refractivity contribution in [3.63, 3.8) is 0 Å². The molecule has 1 heterocycles. The number of halogens is 1. The number of aliphatic imine (C=N–C) groups is 1. The lowest BCUT2D eigenvalue weighted by atomic mass is 9.97. The van der Waals surface area contributed by atoms with Gasteiger partial charge < -0.3 is 5.73 Å². The summed E-state index contributed by atoms with van der Waals surface area (Å²) in [4.78, 5) is 26.8. The Morgan fingerprint density at radius 1 is 1.31 bits per heavy atom. The average molecular weight is 282 g/mol. The van der Waals surface area contributed by atoms with Crippen LogP contribution < -0.4 is 11.1 Å². The lowest BCUT2D eigenvalue weighted by molar-refractivity contribution is -0.129. The zero-order valence-corrected chi connectivity index (χ0v) is 9.69. The zero-order valence-electron chi connectivity index (χ0n) is 8.11. The van der Waals surface area contributed by atoms with Crippen molar-refractivity contribution in [3.05, 3.63) is 34.3 Å². The summed E-state index contributed by atoms with van der Waals surface area (Å²) in [7, 11) is 0. The number of rotatable bonds is 1. The van der Waals surface area contributed by atoms with Crippen molar-refractivity contribution in [3.8, 4) is 0 Å². The molecule has 0 saturated heterocycles. The van der Waals surface area contributed by atoms with Gasteiger partial charge in [-0.1, -0.05) is 34.1 Å². The maximum absolute atomic E-state index is 11.7. The maximum Gasteiger partial charge on any atom is 0.265 e. The standard InChI is InChI=1S/C10H8BrN3O2/c11-6-4-2-1-3-5(6)7-8(15)13-10(12)14-9(7)16/h1-4,7H,(H3,12,13,14,15,16). The first kappa shape index (κ1) is 10.8. The minimum atomic E-state index is -0.928. The van der Waals surface area contributed by atoms with Gasteiger partial charge in [-0.25, -0.2) is 0 Å². The number of carbonyl (C=O) groups excluding carboxylic acids is 2. The molecule has 0 aliphatic carbocycles.